The van der Waals surface area contributed by atoms with Gasteiger partial charge in [0.05, 0.1) is 0 Å². The Hall–Kier alpha value is -0.820. The minimum atomic E-state index is 0.346. The van der Waals surface area contributed by atoms with Crippen LogP contribution in [0.3, 0.4) is 0 Å². The molecule has 0 saturated heterocycles. The quantitative estimate of drug-likeness (QED) is 0.822. The lowest BCUT2D eigenvalue weighted by molar-refractivity contribution is 0.0437. The molecule has 1 aliphatic rings. The Labute approximate surface area is 131 Å². The van der Waals surface area contributed by atoms with Gasteiger partial charge in [-0.2, -0.15) is 0 Å². The van der Waals surface area contributed by atoms with Gasteiger partial charge in [-0.05, 0) is 43.6 Å². The first kappa shape index (κ1) is 16.5. The Morgan fingerprint density at radius 1 is 1.10 bits per heavy atom. The Kier molecular flexibility index (Phi) is 4.54. The first-order valence-corrected chi connectivity index (χ1v) is 8.44. The van der Waals surface area contributed by atoms with Crippen LogP contribution in [-0.2, 0) is 5.41 Å². The molecule has 21 heavy (non-hydrogen) atoms. The highest BCUT2D eigenvalue weighted by molar-refractivity contribution is 5.37. The Bertz CT molecular complexity index is 467. The van der Waals surface area contributed by atoms with E-state index in [0.717, 1.165) is 12.5 Å². The second-order valence-corrected chi connectivity index (χ2v) is 8.66. The maximum Gasteiger partial charge on any atom is 0.00837 e. The molecule has 118 valence electrons. The van der Waals surface area contributed by atoms with Gasteiger partial charge in [-0.1, -0.05) is 63.9 Å². The molecule has 0 spiro atoms. The maximum atomic E-state index is 3.70. The average Bonchev–Trinajstić information content (AvgIpc) is 2.23. The molecule has 0 heterocycles. The third-order valence-electron chi connectivity index (χ3n) is 5.18. The summed E-state index contributed by atoms with van der Waals surface area (Å²) < 4.78 is 0. The SMILES string of the molecule is Cc1cc(C)cc(C2(CNC(C)C)CC(C(C)(C)C)C2)c1. The molecule has 0 amide bonds. The van der Waals surface area contributed by atoms with Crippen LogP contribution in [0.4, 0.5) is 0 Å². The third-order valence-corrected chi connectivity index (χ3v) is 5.18. The van der Waals surface area contributed by atoms with Gasteiger partial charge in [0.2, 0.25) is 0 Å². The van der Waals surface area contributed by atoms with Crippen LogP contribution in [0.2, 0.25) is 0 Å². The van der Waals surface area contributed by atoms with Gasteiger partial charge in [0.1, 0.15) is 0 Å². The lowest BCUT2D eigenvalue weighted by Crippen LogP contribution is -2.53. The molecule has 1 aromatic rings. The molecular weight excluding hydrogens is 254 g/mol. The van der Waals surface area contributed by atoms with Crippen LogP contribution in [-0.4, -0.2) is 12.6 Å². The lowest BCUT2D eigenvalue weighted by atomic mass is 9.52. The van der Waals surface area contributed by atoms with E-state index in [-0.39, 0.29) is 0 Å². The molecule has 0 bridgehead atoms. The predicted molar refractivity (Wildman–Crippen MR) is 92.9 cm³/mol. The second kappa shape index (κ2) is 5.76. The average molecular weight is 287 g/mol. The van der Waals surface area contributed by atoms with Gasteiger partial charge >= 0.3 is 0 Å². The van der Waals surface area contributed by atoms with E-state index in [1.165, 1.54) is 24.0 Å². The molecular formula is C20H33N. The molecule has 1 nitrogen and oxygen atoms in total. The zero-order valence-electron chi connectivity index (χ0n) is 15.0. The van der Waals surface area contributed by atoms with Crippen molar-refractivity contribution in [1.29, 1.82) is 0 Å². The number of benzene rings is 1. The summed E-state index contributed by atoms with van der Waals surface area (Å²) >= 11 is 0. The minimum Gasteiger partial charge on any atom is -0.314 e. The van der Waals surface area contributed by atoms with Crippen LogP contribution in [0.25, 0.3) is 0 Å². The first-order valence-electron chi connectivity index (χ1n) is 8.44. The van der Waals surface area contributed by atoms with Crippen LogP contribution in [0.1, 0.15) is 64.2 Å². The van der Waals surface area contributed by atoms with Crippen molar-refractivity contribution in [2.45, 2.75) is 72.8 Å². The number of hydrogen-bond donors (Lipinski definition) is 1. The van der Waals surface area contributed by atoms with Gasteiger partial charge in [0.25, 0.3) is 0 Å². The standard InChI is InChI=1S/C20H33N/c1-14(2)21-13-20(11-18(12-20)19(5,6)7)17-9-15(3)8-16(4)10-17/h8-10,14,18,21H,11-13H2,1-7H3. The fourth-order valence-electron chi connectivity index (χ4n) is 3.66. The lowest BCUT2D eigenvalue weighted by Gasteiger charge is -2.54. The number of rotatable bonds is 4. The highest BCUT2D eigenvalue weighted by Gasteiger charge is 2.49. The van der Waals surface area contributed by atoms with Crippen LogP contribution in [0.15, 0.2) is 18.2 Å². The van der Waals surface area contributed by atoms with Crippen LogP contribution in [0.5, 0.6) is 0 Å². The van der Waals surface area contributed by atoms with Crippen molar-refractivity contribution in [1.82, 2.24) is 5.32 Å². The number of hydrogen-bond acceptors (Lipinski definition) is 1. The van der Waals surface area contributed by atoms with Gasteiger partial charge in [-0.15, -0.1) is 0 Å². The van der Waals surface area contributed by atoms with Crippen LogP contribution >= 0.6 is 0 Å². The fraction of sp³-hybridized carbons (Fsp3) is 0.700. The van der Waals surface area contributed by atoms with Gasteiger partial charge in [-0.3, -0.25) is 0 Å². The maximum absolute atomic E-state index is 3.70. The van der Waals surface area contributed by atoms with Gasteiger partial charge in [0.15, 0.2) is 0 Å². The molecule has 1 aromatic carbocycles. The van der Waals surface area contributed by atoms with E-state index in [4.69, 9.17) is 0 Å². The van der Waals surface area contributed by atoms with E-state index >= 15 is 0 Å². The predicted octanol–water partition coefficient (Wildman–Crippen LogP) is 5.00. The summed E-state index contributed by atoms with van der Waals surface area (Å²) in [5, 5.41) is 3.70. The fourth-order valence-corrected chi connectivity index (χ4v) is 3.66. The first-order chi connectivity index (χ1) is 9.62. The van der Waals surface area contributed by atoms with E-state index in [1.54, 1.807) is 5.56 Å². The Morgan fingerprint density at radius 2 is 1.62 bits per heavy atom. The van der Waals surface area contributed by atoms with E-state index in [1.807, 2.05) is 0 Å². The third kappa shape index (κ3) is 3.69. The molecule has 1 saturated carbocycles. The van der Waals surface area contributed by atoms with Crippen molar-refractivity contribution in [2.75, 3.05) is 6.54 Å². The van der Waals surface area contributed by atoms with Crippen molar-refractivity contribution in [3.8, 4) is 0 Å². The van der Waals surface area contributed by atoms with Crippen molar-refractivity contribution < 1.29 is 0 Å². The molecule has 0 unspecified atom stereocenters. The van der Waals surface area contributed by atoms with E-state index < -0.39 is 0 Å². The van der Waals surface area contributed by atoms with Crippen molar-refractivity contribution >= 4 is 0 Å². The molecule has 1 N–H and O–H groups in total. The zero-order chi connectivity index (χ0) is 15.8. The van der Waals surface area contributed by atoms with Crippen molar-refractivity contribution in [3.05, 3.63) is 34.9 Å². The monoisotopic (exact) mass is 287 g/mol. The van der Waals surface area contributed by atoms with Gasteiger partial charge < -0.3 is 5.32 Å². The molecule has 2 rings (SSSR count). The van der Waals surface area contributed by atoms with Gasteiger partial charge in [-0.25, -0.2) is 0 Å². The highest BCUT2D eigenvalue weighted by atomic mass is 14.9. The molecule has 1 heteroatoms. The van der Waals surface area contributed by atoms with Crippen LogP contribution < -0.4 is 5.32 Å². The summed E-state index contributed by atoms with van der Waals surface area (Å²) in [5.74, 6) is 0.840. The summed E-state index contributed by atoms with van der Waals surface area (Å²) in [6, 6.07) is 7.66. The number of nitrogens with one attached hydrogen (secondary N) is 1. The molecule has 0 atom stereocenters. The van der Waals surface area contributed by atoms with E-state index in [0.29, 0.717) is 16.9 Å². The molecule has 1 aliphatic carbocycles. The molecule has 0 aliphatic heterocycles. The summed E-state index contributed by atoms with van der Waals surface area (Å²) in [4.78, 5) is 0. The zero-order valence-corrected chi connectivity index (χ0v) is 15.0. The van der Waals surface area contributed by atoms with Crippen LogP contribution in [0, 0.1) is 25.2 Å². The summed E-state index contributed by atoms with van der Waals surface area (Å²) in [7, 11) is 0. The van der Waals surface area contributed by atoms with Gasteiger partial charge in [0, 0.05) is 18.0 Å². The minimum absolute atomic E-state index is 0.346. The largest absolute Gasteiger partial charge is 0.314 e. The van der Waals surface area contributed by atoms with Crippen molar-refractivity contribution in [3.63, 3.8) is 0 Å². The number of aryl methyl sites for hydroxylation is 2. The van der Waals surface area contributed by atoms with E-state index in [2.05, 4.69) is 72.0 Å². The smallest absolute Gasteiger partial charge is 0.00837 e. The van der Waals surface area contributed by atoms with Crippen molar-refractivity contribution in [2.24, 2.45) is 11.3 Å². The topological polar surface area (TPSA) is 12.0 Å². The summed E-state index contributed by atoms with van der Waals surface area (Å²) in [6.07, 6.45) is 2.64. The Morgan fingerprint density at radius 3 is 2.05 bits per heavy atom. The Balaban J connectivity index is 2.26. The summed E-state index contributed by atoms with van der Waals surface area (Å²) in [6.45, 7) is 17.2. The summed E-state index contributed by atoms with van der Waals surface area (Å²) in [5.41, 5.74) is 5.12. The molecule has 0 aromatic heterocycles. The van der Waals surface area contributed by atoms with E-state index in [9.17, 15) is 0 Å². The normalized spacial score (nSPS) is 26.0. The second-order valence-electron chi connectivity index (χ2n) is 8.66. The molecule has 1 fully saturated rings. The highest BCUT2D eigenvalue weighted by Crippen LogP contribution is 2.54. The molecule has 0 radical (unpaired) electrons.